The van der Waals surface area contributed by atoms with Crippen molar-refractivity contribution < 1.29 is 9.90 Å². The molecule has 0 spiro atoms. The number of phenols is 1. The normalized spacial score (nSPS) is 18.3. The zero-order valence-electron chi connectivity index (χ0n) is 10.7. The molecule has 0 saturated carbocycles. The Morgan fingerprint density at radius 2 is 1.68 bits per heavy atom. The van der Waals surface area contributed by atoms with Gasteiger partial charge in [-0.05, 0) is 36.8 Å². The molecule has 2 aromatic carbocycles. The standard InChI is InChI=1S/C16H15NO2/c1-11-2-4-12(5-3-11)15-10-16(19)17(15)13-6-8-14(18)9-7-13/h2-9,15,18H,10H2,1H3. The lowest BCUT2D eigenvalue weighted by Gasteiger charge is -2.40. The zero-order chi connectivity index (χ0) is 13.4. The summed E-state index contributed by atoms with van der Waals surface area (Å²) in [5.41, 5.74) is 3.20. The third kappa shape index (κ3) is 2.08. The average molecular weight is 253 g/mol. The van der Waals surface area contributed by atoms with Crippen molar-refractivity contribution in [1.29, 1.82) is 0 Å². The van der Waals surface area contributed by atoms with Gasteiger partial charge in [-0.1, -0.05) is 29.8 Å². The molecule has 1 aliphatic rings. The Morgan fingerprint density at radius 1 is 1.05 bits per heavy atom. The highest BCUT2D eigenvalue weighted by atomic mass is 16.3. The second-order valence-electron chi connectivity index (χ2n) is 4.91. The number of carbonyl (C=O) groups excluding carboxylic acids is 1. The quantitative estimate of drug-likeness (QED) is 0.835. The lowest BCUT2D eigenvalue weighted by Crippen LogP contribution is -2.46. The van der Waals surface area contributed by atoms with Crippen molar-refractivity contribution in [2.75, 3.05) is 4.90 Å². The maximum atomic E-state index is 11.8. The Kier molecular flexibility index (Phi) is 2.75. The Labute approximate surface area is 112 Å². The first-order chi connectivity index (χ1) is 9.15. The van der Waals surface area contributed by atoms with Crippen LogP contribution in [0.25, 0.3) is 0 Å². The van der Waals surface area contributed by atoms with Gasteiger partial charge in [-0.3, -0.25) is 4.79 Å². The summed E-state index contributed by atoms with van der Waals surface area (Å²) in [5, 5.41) is 9.31. The number of nitrogens with zero attached hydrogens (tertiary/aromatic N) is 1. The molecular weight excluding hydrogens is 238 g/mol. The molecule has 1 amide bonds. The van der Waals surface area contributed by atoms with Gasteiger partial charge in [0, 0.05) is 5.69 Å². The third-order valence-corrected chi connectivity index (χ3v) is 3.54. The van der Waals surface area contributed by atoms with Gasteiger partial charge in [0.2, 0.25) is 5.91 Å². The van der Waals surface area contributed by atoms with E-state index in [1.165, 1.54) is 5.56 Å². The molecule has 1 aliphatic heterocycles. The van der Waals surface area contributed by atoms with Gasteiger partial charge in [-0.15, -0.1) is 0 Å². The highest BCUT2D eigenvalue weighted by molar-refractivity contribution is 6.01. The fourth-order valence-electron chi connectivity index (χ4n) is 2.41. The second-order valence-corrected chi connectivity index (χ2v) is 4.91. The van der Waals surface area contributed by atoms with Gasteiger partial charge in [0.05, 0.1) is 12.5 Å². The first kappa shape index (κ1) is 11.8. The van der Waals surface area contributed by atoms with E-state index in [9.17, 15) is 9.90 Å². The van der Waals surface area contributed by atoms with E-state index in [4.69, 9.17) is 0 Å². The van der Waals surface area contributed by atoms with Gasteiger partial charge in [-0.2, -0.15) is 0 Å². The lowest BCUT2D eigenvalue weighted by molar-refractivity contribution is -0.124. The Morgan fingerprint density at radius 3 is 2.26 bits per heavy atom. The van der Waals surface area contributed by atoms with Gasteiger partial charge in [0.15, 0.2) is 0 Å². The third-order valence-electron chi connectivity index (χ3n) is 3.54. The maximum absolute atomic E-state index is 11.8. The van der Waals surface area contributed by atoms with Crippen molar-refractivity contribution in [1.82, 2.24) is 0 Å². The van der Waals surface area contributed by atoms with Crippen LogP contribution in [-0.2, 0) is 4.79 Å². The van der Waals surface area contributed by atoms with Crippen LogP contribution in [0, 0.1) is 6.92 Å². The molecule has 3 heteroatoms. The molecule has 1 atom stereocenters. The fraction of sp³-hybridized carbons (Fsp3) is 0.188. The molecule has 96 valence electrons. The van der Waals surface area contributed by atoms with E-state index in [0.717, 1.165) is 11.3 Å². The van der Waals surface area contributed by atoms with Gasteiger partial charge in [0.25, 0.3) is 0 Å². The number of aromatic hydroxyl groups is 1. The van der Waals surface area contributed by atoms with E-state index in [0.29, 0.717) is 6.42 Å². The smallest absolute Gasteiger partial charge is 0.230 e. The molecule has 2 aromatic rings. The summed E-state index contributed by atoms with van der Waals surface area (Å²) in [4.78, 5) is 13.6. The second kappa shape index (κ2) is 4.43. The molecule has 3 nitrogen and oxygen atoms in total. The SMILES string of the molecule is Cc1ccc(C2CC(=O)N2c2ccc(O)cc2)cc1. The molecule has 1 heterocycles. The highest BCUT2D eigenvalue weighted by Crippen LogP contribution is 2.39. The van der Waals surface area contributed by atoms with Crippen molar-refractivity contribution >= 4 is 11.6 Å². The maximum Gasteiger partial charge on any atom is 0.230 e. The van der Waals surface area contributed by atoms with E-state index in [2.05, 4.69) is 24.3 Å². The summed E-state index contributed by atoms with van der Waals surface area (Å²) in [7, 11) is 0. The van der Waals surface area contributed by atoms with Crippen LogP contribution in [0.5, 0.6) is 5.75 Å². The van der Waals surface area contributed by atoms with Crippen LogP contribution in [0.2, 0.25) is 0 Å². The van der Waals surface area contributed by atoms with Crippen molar-refractivity contribution in [3.63, 3.8) is 0 Å². The summed E-state index contributed by atoms with van der Waals surface area (Å²) in [6.07, 6.45) is 0.546. The summed E-state index contributed by atoms with van der Waals surface area (Å²) in [6.45, 7) is 2.05. The minimum atomic E-state index is 0.109. The fourth-order valence-corrected chi connectivity index (χ4v) is 2.41. The Bertz CT molecular complexity index is 602. The number of rotatable bonds is 2. The molecular formula is C16H15NO2. The minimum Gasteiger partial charge on any atom is -0.508 e. The van der Waals surface area contributed by atoms with Crippen molar-refractivity contribution in [3.05, 3.63) is 59.7 Å². The van der Waals surface area contributed by atoms with E-state index >= 15 is 0 Å². The first-order valence-corrected chi connectivity index (χ1v) is 6.33. The number of phenolic OH excluding ortho intramolecular Hbond substituents is 1. The molecule has 1 saturated heterocycles. The summed E-state index contributed by atoms with van der Waals surface area (Å²) in [5.74, 6) is 0.333. The number of amides is 1. The van der Waals surface area contributed by atoms with Crippen LogP contribution < -0.4 is 4.90 Å². The van der Waals surface area contributed by atoms with Crippen molar-refractivity contribution in [2.45, 2.75) is 19.4 Å². The predicted octanol–water partition coefficient (Wildman–Crippen LogP) is 3.18. The van der Waals surface area contributed by atoms with Crippen LogP contribution in [-0.4, -0.2) is 11.0 Å². The Balaban J connectivity index is 1.90. The summed E-state index contributed by atoms with van der Waals surface area (Å²) < 4.78 is 0. The molecule has 0 bridgehead atoms. The van der Waals surface area contributed by atoms with E-state index < -0.39 is 0 Å². The topological polar surface area (TPSA) is 40.5 Å². The molecule has 0 radical (unpaired) electrons. The number of carbonyl (C=O) groups is 1. The first-order valence-electron chi connectivity index (χ1n) is 6.33. The molecule has 1 unspecified atom stereocenters. The van der Waals surface area contributed by atoms with E-state index in [-0.39, 0.29) is 17.7 Å². The van der Waals surface area contributed by atoms with Crippen LogP contribution >= 0.6 is 0 Å². The number of aryl methyl sites for hydroxylation is 1. The predicted molar refractivity (Wildman–Crippen MR) is 74.1 cm³/mol. The summed E-state index contributed by atoms with van der Waals surface area (Å²) in [6, 6.07) is 15.1. The summed E-state index contributed by atoms with van der Waals surface area (Å²) >= 11 is 0. The number of hydrogen-bond acceptors (Lipinski definition) is 2. The van der Waals surface area contributed by atoms with E-state index in [1.54, 1.807) is 29.2 Å². The van der Waals surface area contributed by atoms with Crippen LogP contribution in [0.4, 0.5) is 5.69 Å². The molecule has 3 rings (SSSR count). The van der Waals surface area contributed by atoms with Crippen molar-refractivity contribution in [2.24, 2.45) is 0 Å². The molecule has 0 aromatic heterocycles. The number of benzene rings is 2. The van der Waals surface area contributed by atoms with Crippen molar-refractivity contribution in [3.8, 4) is 5.75 Å². The number of hydrogen-bond donors (Lipinski definition) is 1. The van der Waals surface area contributed by atoms with Gasteiger partial charge >= 0.3 is 0 Å². The van der Waals surface area contributed by atoms with Gasteiger partial charge in [0.1, 0.15) is 5.75 Å². The molecule has 0 aliphatic carbocycles. The monoisotopic (exact) mass is 253 g/mol. The largest absolute Gasteiger partial charge is 0.508 e. The Hall–Kier alpha value is -2.29. The van der Waals surface area contributed by atoms with Gasteiger partial charge in [-0.25, -0.2) is 0 Å². The van der Waals surface area contributed by atoms with Gasteiger partial charge < -0.3 is 10.0 Å². The average Bonchev–Trinajstić information content (AvgIpc) is 2.40. The molecule has 1 N–H and O–H groups in total. The highest BCUT2D eigenvalue weighted by Gasteiger charge is 2.38. The molecule has 1 fully saturated rings. The number of anilines is 1. The molecule has 19 heavy (non-hydrogen) atoms. The van der Waals surface area contributed by atoms with Crippen LogP contribution in [0.1, 0.15) is 23.6 Å². The van der Waals surface area contributed by atoms with Crippen LogP contribution in [0.3, 0.4) is 0 Å². The van der Waals surface area contributed by atoms with E-state index in [1.807, 2.05) is 6.92 Å². The zero-order valence-corrected chi connectivity index (χ0v) is 10.7. The minimum absolute atomic E-state index is 0.109. The number of β-lactam (4-membered cyclic amide) rings is 1. The lowest BCUT2D eigenvalue weighted by atomic mass is 9.92. The van der Waals surface area contributed by atoms with Crippen LogP contribution in [0.15, 0.2) is 48.5 Å².